The van der Waals surface area contributed by atoms with Crippen LogP contribution in [0.1, 0.15) is 51.4 Å². The maximum Gasteiger partial charge on any atom is 0.206 e. The van der Waals surface area contributed by atoms with Crippen molar-refractivity contribution in [3.8, 4) is 11.5 Å². The van der Waals surface area contributed by atoms with Gasteiger partial charge in [-0.15, -0.1) is 11.3 Å². The Kier molecular flexibility index (Phi) is 5.31. The molecule has 0 spiro atoms. The van der Waals surface area contributed by atoms with Crippen molar-refractivity contribution < 1.29 is 4.42 Å². The van der Waals surface area contributed by atoms with Crippen LogP contribution in [-0.4, -0.2) is 16.9 Å². The van der Waals surface area contributed by atoms with Crippen molar-refractivity contribution in [3.63, 3.8) is 0 Å². The van der Waals surface area contributed by atoms with Gasteiger partial charge in [0.25, 0.3) is 0 Å². The van der Waals surface area contributed by atoms with Crippen LogP contribution in [0.25, 0.3) is 11.5 Å². The number of rotatable bonds is 4. The number of furan rings is 1. The summed E-state index contributed by atoms with van der Waals surface area (Å²) in [4.78, 5) is 6.01. The van der Waals surface area contributed by atoms with E-state index in [0.29, 0.717) is 12.0 Å². The van der Waals surface area contributed by atoms with Gasteiger partial charge in [0.15, 0.2) is 5.76 Å². The molecule has 0 N–H and O–H groups in total. The van der Waals surface area contributed by atoms with Gasteiger partial charge in [-0.05, 0) is 50.2 Å². The van der Waals surface area contributed by atoms with Crippen LogP contribution in [0.3, 0.4) is 0 Å². The predicted octanol–water partition coefficient (Wildman–Crippen LogP) is 5.23. The standard InChI is InChI=1S/C20H25N3OS/c1-3-8-16(9-4-1)14-21-23-18(19-12-7-13-24-19)15-25-20(23)22-17-10-5-2-6-11-17/h1,3,7,12-17H,2,4-6,8-11H2. The average Bonchev–Trinajstić information content (AvgIpc) is 3.31. The molecular formula is C20H25N3OS. The SMILES string of the molecule is C1=CCC(C=Nn2c(-c3ccco3)csc2=NC2CCCCC2)CC1. The second-order valence-electron chi connectivity index (χ2n) is 6.92. The van der Waals surface area contributed by atoms with Gasteiger partial charge >= 0.3 is 0 Å². The predicted molar refractivity (Wildman–Crippen MR) is 103 cm³/mol. The summed E-state index contributed by atoms with van der Waals surface area (Å²) in [6.45, 7) is 0. The molecule has 4 nitrogen and oxygen atoms in total. The molecule has 0 radical (unpaired) electrons. The van der Waals surface area contributed by atoms with E-state index in [2.05, 4.69) is 23.7 Å². The van der Waals surface area contributed by atoms with Crippen LogP contribution in [0, 0.1) is 5.92 Å². The van der Waals surface area contributed by atoms with Crippen molar-refractivity contribution in [3.05, 3.63) is 40.7 Å². The molecule has 0 aliphatic heterocycles. The van der Waals surface area contributed by atoms with Gasteiger partial charge in [0.1, 0.15) is 5.69 Å². The molecule has 4 rings (SSSR count). The van der Waals surface area contributed by atoms with Crippen molar-refractivity contribution >= 4 is 17.6 Å². The molecule has 1 atom stereocenters. The van der Waals surface area contributed by atoms with Crippen molar-refractivity contribution in [2.24, 2.45) is 16.0 Å². The lowest BCUT2D eigenvalue weighted by Gasteiger charge is -2.17. The fraction of sp³-hybridized carbons (Fsp3) is 0.500. The van der Waals surface area contributed by atoms with E-state index >= 15 is 0 Å². The van der Waals surface area contributed by atoms with Gasteiger partial charge in [0.2, 0.25) is 4.80 Å². The van der Waals surface area contributed by atoms with Gasteiger partial charge in [-0.25, -0.2) is 4.68 Å². The number of allylic oxidation sites excluding steroid dienone is 2. The van der Waals surface area contributed by atoms with Gasteiger partial charge in [-0.3, -0.25) is 4.99 Å². The Morgan fingerprint density at radius 3 is 2.84 bits per heavy atom. The monoisotopic (exact) mass is 355 g/mol. The molecule has 0 amide bonds. The third kappa shape index (κ3) is 4.03. The first-order valence-electron chi connectivity index (χ1n) is 9.38. The highest BCUT2D eigenvalue weighted by atomic mass is 32.1. The third-order valence-electron chi connectivity index (χ3n) is 5.03. The lowest BCUT2D eigenvalue weighted by molar-refractivity contribution is 0.435. The lowest BCUT2D eigenvalue weighted by Crippen LogP contribution is -2.19. The summed E-state index contributed by atoms with van der Waals surface area (Å²) in [5.41, 5.74) is 0.993. The highest BCUT2D eigenvalue weighted by molar-refractivity contribution is 7.07. The molecule has 0 bridgehead atoms. The lowest BCUT2D eigenvalue weighted by atomic mass is 9.96. The molecule has 2 aliphatic carbocycles. The molecule has 2 aromatic rings. The summed E-state index contributed by atoms with van der Waals surface area (Å²) in [7, 11) is 0. The summed E-state index contributed by atoms with van der Waals surface area (Å²) < 4.78 is 7.60. The third-order valence-corrected chi connectivity index (χ3v) is 5.86. The normalized spacial score (nSPS) is 22.9. The van der Waals surface area contributed by atoms with Crippen LogP contribution >= 0.6 is 11.3 Å². The zero-order valence-corrected chi connectivity index (χ0v) is 15.3. The van der Waals surface area contributed by atoms with Crippen LogP contribution in [0.2, 0.25) is 0 Å². The van der Waals surface area contributed by atoms with E-state index < -0.39 is 0 Å². The minimum absolute atomic E-state index is 0.441. The zero-order valence-electron chi connectivity index (χ0n) is 14.5. The van der Waals surface area contributed by atoms with Gasteiger partial charge in [-0.1, -0.05) is 31.4 Å². The number of nitrogens with zero attached hydrogens (tertiary/aromatic N) is 3. The Morgan fingerprint density at radius 1 is 1.16 bits per heavy atom. The Hall–Kier alpha value is -1.88. The van der Waals surface area contributed by atoms with E-state index in [0.717, 1.165) is 29.1 Å². The van der Waals surface area contributed by atoms with E-state index in [9.17, 15) is 0 Å². The van der Waals surface area contributed by atoms with Crippen molar-refractivity contribution in [2.75, 3.05) is 0 Å². The second-order valence-corrected chi connectivity index (χ2v) is 7.76. The molecule has 132 valence electrons. The molecule has 0 saturated heterocycles. The first kappa shape index (κ1) is 16.6. The molecule has 5 heteroatoms. The van der Waals surface area contributed by atoms with E-state index in [1.165, 1.54) is 38.5 Å². The second kappa shape index (κ2) is 8.00. The minimum atomic E-state index is 0.441. The zero-order chi connectivity index (χ0) is 16.9. The van der Waals surface area contributed by atoms with E-state index in [1.807, 2.05) is 16.8 Å². The van der Waals surface area contributed by atoms with Crippen molar-refractivity contribution in [1.82, 2.24) is 4.68 Å². The molecule has 1 saturated carbocycles. The minimum Gasteiger partial charge on any atom is -0.463 e. The Bertz CT molecular complexity index is 791. The summed E-state index contributed by atoms with van der Waals surface area (Å²) in [6.07, 6.45) is 18.1. The van der Waals surface area contributed by atoms with Crippen LogP contribution in [0.5, 0.6) is 0 Å². The maximum absolute atomic E-state index is 5.61. The molecule has 25 heavy (non-hydrogen) atoms. The fourth-order valence-corrected chi connectivity index (χ4v) is 4.46. The molecule has 0 aromatic carbocycles. The highest BCUT2D eigenvalue weighted by Gasteiger charge is 2.15. The van der Waals surface area contributed by atoms with E-state index in [4.69, 9.17) is 14.5 Å². The Morgan fingerprint density at radius 2 is 2.08 bits per heavy atom. The summed E-state index contributed by atoms with van der Waals surface area (Å²) >= 11 is 1.66. The highest BCUT2D eigenvalue weighted by Crippen LogP contribution is 2.23. The Labute approximate surface area is 152 Å². The van der Waals surface area contributed by atoms with Gasteiger partial charge < -0.3 is 4.42 Å². The first-order valence-corrected chi connectivity index (χ1v) is 10.3. The molecule has 2 aromatic heterocycles. The van der Waals surface area contributed by atoms with Crippen molar-refractivity contribution in [2.45, 2.75) is 57.4 Å². The topological polar surface area (TPSA) is 42.8 Å². The quantitative estimate of drug-likeness (QED) is 0.547. The fourth-order valence-electron chi connectivity index (χ4n) is 3.57. The Balaban J connectivity index is 1.67. The molecule has 2 aliphatic rings. The van der Waals surface area contributed by atoms with Crippen LogP contribution in [0.4, 0.5) is 0 Å². The van der Waals surface area contributed by atoms with Gasteiger partial charge in [-0.2, -0.15) is 5.10 Å². The molecule has 2 heterocycles. The van der Waals surface area contributed by atoms with Crippen LogP contribution < -0.4 is 4.80 Å². The van der Waals surface area contributed by atoms with Gasteiger partial charge in [0.05, 0.1) is 12.3 Å². The maximum atomic E-state index is 5.61. The average molecular weight is 356 g/mol. The van der Waals surface area contributed by atoms with Crippen LogP contribution in [0.15, 0.2) is 50.4 Å². The van der Waals surface area contributed by atoms with E-state index in [-0.39, 0.29) is 0 Å². The summed E-state index contributed by atoms with van der Waals surface area (Å²) in [5, 5.41) is 6.94. The van der Waals surface area contributed by atoms with Crippen LogP contribution in [-0.2, 0) is 0 Å². The number of hydrogen-bond donors (Lipinski definition) is 0. The molecule has 1 fully saturated rings. The van der Waals surface area contributed by atoms with Crippen molar-refractivity contribution in [1.29, 1.82) is 0 Å². The van der Waals surface area contributed by atoms with E-state index in [1.54, 1.807) is 17.6 Å². The molecular weight excluding hydrogens is 330 g/mol. The summed E-state index contributed by atoms with van der Waals surface area (Å²) in [5.74, 6) is 1.37. The van der Waals surface area contributed by atoms with Gasteiger partial charge in [0, 0.05) is 11.6 Å². The molecule has 1 unspecified atom stereocenters. The largest absolute Gasteiger partial charge is 0.463 e. The number of aromatic nitrogens is 1. The first-order chi connectivity index (χ1) is 12.4. The summed E-state index contributed by atoms with van der Waals surface area (Å²) in [6, 6.07) is 4.35. The number of thiazole rings is 1. The number of hydrogen-bond acceptors (Lipinski definition) is 4. The smallest absolute Gasteiger partial charge is 0.206 e.